The first-order valence-corrected chi connectivity index (χ1v) is 11.4. The molecular weight excluding hydrogens is 432 g/mol. The number of aromatic nitrogens is 5. The minimum Gasteiger partial charge on any atom is -0.465 e. The number of aromatic amines is 1. The number of methoxy groups -OCH3 is 1. The number of benzene rings is 1. The van der Waals surface area contributed by atoms with Gasteiger partial charge in [0.1, 0.15) is 5.82 Å². The van der Waals surface area contributed by atoms with Gasteiger partial charge < -0.3 is 19.4 Å². The minimum atomic E-state index is -0.470. The molecule has 1 aromatic carbocycles. The third kappa shape index (κ3) is 4.78. The van der Waals surface area contributed by atoms with Crippen LogP contribution in [0.3, 0.4) is 0 Å². The van der Waals surface area contributed by atoms with Crippen molar-refractivity contribution in [1.82, 2.24) is 24.7 Å². The summed E-state index contributed by atoms with van der Waals surface area (Å²) < 4.78 is 12.3. The molecule has 1 saturated heterocycles. The molecule has 3 aromatic rings. The Morgan fingerprint density at radius 3 is 2.78 bits per heavy atom. The molecule has 0 radical (unpaired) electrons. The molecule has 1 aliphatic heterocycles. The summed E-state index contributed by atoms with van der Waals surface area (Å²) >= 11 is 1.47. The monoisotopic (exact) mass is 458 g/mol. The lowest BCUT2D eigenvalue weighted by atomic mass is 10.1. The summed E-state index contributed by atoms with van der Waals surface area (Å²) in [7, 11) is 1.32. The number of anilines is 1. The number of hydrogen-bond acceptors (Lipinski definition) is 9. The molecule has 0 atom stereocenters. The van der Waals surface area contributed by atoms with E-state index in [1.807, 2.05) is 0 Å². The highest BCUT2D eigenvalue weighted by atomic mass is 32.2. The number of morpholine rings is 1. The van der Waals surface area contributed by atoms with Crippen molar-refractivity contribution in [2.24, 2.45) is 5.92 Å². The van der Waals surface area contributed by atoms with Crippen molar-refractivity contribution in [2.75, 3.05) is 38.3 Å². The van der Waals surface area contributed by atoms with Crippen molar-refractivity contribution in [2.45, 2.75) is 31.3 Å². The Kier molecular flexibility index (Phi) is 6.75. The highest BCUT2D eigenvalue weighted by Gasteiger charge is 2.21. The van der Waals surface area contributed by atoms with Crippen LogP contribution in [0.2, 0.25) is 0 Å². The quantitative estimate of drug-likeness (QED) is 0.420. The number of H-pyrrole nitrogens is 1. The first kappa shape index (κ1) is 22.3. The smallest absolute Gasteiger partial charge is 0.337 e. The normalized spacial score (nSPS) is 14.3. The molecule has 2 aromatic heterocycles. The number of thioether (sulfide) groups is 1. The Hall–Kier alpha value is -2.92. The van der Waals surface area contributed by atoms with E-state index in [9.17, 15) is 9.59 Å². The molecule has 32 heavy (non-hydrogen) atoms. The molecule has 0 unspecified atom stereocenters. The van der Waals surface area contributed by atoms with Crippen LogP contribution < -0.4 is 10.5 Å². The van der Waals surface area contributed by atoms with Crippen LogP contribution in [0.1, 0.15) is 30.0 Å². The lowest BCUT2D eigenvalue weighted by molar-refractivity contribution is 0.0601. The zero-order valence-electron chi connectivity index (χ0n) is 18.3. The van der Waals surface area contributed by atoms with Crippen molar-refractivity contribution in [1.29, 1.82) is 0 Å². The maximum Gasteiger partial charge on any atom is 0.337 e. The number of carbonyl (C=O) groups is 1. The van der Waals surface area contributed by atoms with E-state index in [2.05, 4.69) is 43.5 Å². The van der Waals surface area contributed by atoms with Crippen molar-refractivity contribution in [3.05, 3.63) is 39.9 Å². The zero-order valence-corrected chi connectivity index (χ0v) is 19.1. The third-order valence-electron chi connectivity index (χ3n) is 5.05. The van der Waals surface area contributed by atoms with Gasteiger partial charge in [-0.05, 0) is 24.1 Å². The van der Waals surface area contributed by atoms with Crippen LogP contribution in [-0.4, -0.2) is 64.1 Å². The van der Waals surface area contributed by atoms with Gasteiger partial charge in [0.05, 0.1) is 42.5 Å². The van der Waals surface area contributed by atoms with E-state index in [1.165, 1.54) is 18.9 Å². The molecule has 1 aliphatic rings. The number of nitrogens with zero attached hydrogens (tertiary/aromatic N) is 5. The summed E-state index contributed by atoms with van der Waals surface area (Å²) in [5.74, 6) is 1.70. The van der Waals surface area contributed by atoms with Gasteiger partial charge in [0.2, 0.25) is 5.95 Å². The van der Waals surface area contributed by atoms with Crippen molar-refractivity contribution in [3.8, 4) is 0 Å². The van der Waals surface area contributed by atoms with Gasteiger partial charge in [-0.1, -0.05) is 25.6 Å². The molecule has 11 heteroatoms. The van der Waals surface area contributed by atoms with Gasteiger partial charge in [0, 0.05) is 19.6 Å². The highest BCUT2D eigenvalue weighted by Crippen LogP contribution is 2.26. The standard InChI is InChI=1S/C21H26N6O4S/c1-13(2)11-27-20(26-6-8-31-9-7-26)24-25-21(27)32-12-17-22-16-10-14(19(29)30-3)4-5-15(16)18(28)23-17/h4-5,10,13H,6-9,11-12H2,1-3H3,(H,22,23,28). The number of rotatable bonds is 7. The lowest BCUT2D eigenvalue weighted by Crippen LogP contribution is -2.38. The van der Waals surface area contributed by atoms with Crippen LogP contribution in [0.25, 0.3) is 10.9 Å². The second-order valence-electron chi connectivity index (χ2n) is 7.91. The van der Waals surface area contributed by atoms with Crippen LogP contribution >= 0.6 is 11.8 Å². The summed E-state index contributed by atoms with van der Waals surface area (Å²) in [5.41, 5.74) is 0.549. The summed E-state index contributed by atoms with van der Waals surface area (Å²) in [5, 5.41) is 10.0. The fourth-order valence-corrected chi connectivity index (χ4v) is 4.36. The molecule has 4 rings (SSSR count). The second kappa shape index (κ2) is 9.70. The number of fused-ring (bicyclic) bond motifs is 1. The Morgan fingerprint density at radius 1 is 1.28 bits per heavy atom. The van der Waals surface area contributed by atoms with Crippen molar-refractivity contribution >= 4 is 34.6 Å². The van der Waals surface area contributed by atoms with E-state index in [-0.39, 0.29) is 5.56 Å². The Bertz CT molecular complexity index is 1170. The molecule has 10 nitrogen and oxygen atoms in total. The number of carbonyl (C=O) groups excluding carboxylic acids is 1. The molecular formula is C21H26N6O4S. The van der Waals surface area contributed by atoms with Gasteiger partial charge in [-0.2, -0.15) is 0 Å². The summed E-state index contributed by atoms with van der Waals surface area (Å²) in [6, 6.07) is 4.71. The van der Waals surface area contributed by atoms with Gasteiger partial charge in [0.25, 0.3) is 5.56 Å². The fourth-order valence-electron chi connectivity index (χ4n) is 3.54. The molecule has 0 spiro atoms. The van der Waals surface area contributed by atoms with Crippen LogP contribution in [-0.2, 0) is 21.8 Å². The first-order chi connectivity index (χ1) is 15.5. The van der Waals surface area contributed by atoms with Crippen LogP contribution in [0.5, 0.6) is 0 Å². The van der Waals surface area contributed by atoms with Gasteiger partial charge in [-0.3, -0.25) is 9.36 Å². The minimum absolute atomic E-state index is 0.250. The maximum absolute atomic E-state index is 12.5. The number of hydrogen-bond donors (Lipinski definition) is 1. The number of esters is 1. The molecule has 0 amide bonds. The summed E-state index contributed by atoms with van der Waals surface area (Å²) in [6.45, 7) is 8.00. The lowest BCUT2D eigenvalue weighted by Gasteiger charge is -2.28. The zero-order chi connectivity index (χ0) is 22.7. The van der Waals surface area contributed by atoms with E-state index in [0.717, 1.165) is 30.7 Å². The SMILES string of the molecule is COC(=O)c1ccc2c(=O)[nH]c(CSc3nnc(N4CCOCC4)n3CC(C)C)nc2c1. The maximum atomic E-state index is 12.5. The molecule has 0 aliphatic carbocycles. The summed E-state index contributed by atoms with van der Waals surface area (Å²) in [4.78, 5) is 33.9. The number of ether oxygens (including phenoxy) is 2. The third-order valence-corrected chi connectivity index (χ3v) is 6.03. The van der Waals surface area contributed by atoms with Gasteiger partial charge in [0.15, 0.2) is 5.16 Å². The molecule has 3 heterocycles. The Balaban J connectivity index is 1.59. The van der Waals surface area contributed by atoms with Crippen LogP contribution in [0, 0.1) is 5.92 Å². The predicted octanol–water partition coefficient (Wildman–Crippen LogP) is 2.09. The van der Waals surface area contributed by atoms with Crippen LogP contribution in [0.15, 0.2) is 28.2 Å². The molecule has 170 valence electrons. The largest absolute Gasteiger partial charge is 0.465 e. The van der Waals surface area contributed by atoms with E-state index in [4.69, 9.17) is 9.47 Å². The molecule has 1 fully saturated rings. The molecule has 0 bridgehead atoms. The fraction of sp³-hybridized carbons (Fsp3) is 0.476. The van der Waals surface area contributed by atoms with E-state index >= 15 is 0 Å². The van der Waals surface area contributed by atoms with E-state index in [0.29, 0.717) is 47.2 Å². The summed E-state index contributed by atoms with van der Waals surface area (Å²) in [6.07, 6.45) is 0. The van der Waals surface area contributed by atoms with Crippen molar-refractivity contribution in [3.63, 3.8) is 0 Å². The van der Waals surface area contributed by atoms with E-state index in [1.54, 1.807) is 18.2 Å². The number of nitrogens with one attached hydrogen (secondary N) is 1. The molecule has 1 N–H and O–H groups in total. The van der Waals surface area contributed by atoms with E-state index < -0.39 is 5.97 Å². The second-order valence-corrected chi connectivity index (χ2v) is 8.85. The topological polar surface area (TPSA) is 115 Å². The Labute approximate surface area is 189 Å². The van der Waals surface area contributed by atoms with Gasteiger partial charge in [-0.15, -0.1) is 10.2 Å². The van der Waals surface area contributed by atoms with Crippen LogP contribution in [0.4, 0.5) is 5.95 Å². The highest BCUT2D eigenvalue weighted by molar-refractivity contribution is 7.98. The van der Waals surface area contributed by atoms with Gasteiger partial charge >= 0.3 is 5.97 Å². The predicted molar refractivity (Wildman–Crippen MR) is 121 cm³/mol. The average molecular weight is 459 g/mol. The molecule has 0 saturated carbocycles. The Morgan fingerprint density at radius 2 is 2.06 bits per heavy atom. The van der Waals surface area contributed by atoms with Gasteiger partial charge in [-0.25, -0.2) is 9.78 Å². The first-order valence-electron chi connectivity index (χ1n) is 10.5. The van der Waals surface area contributed by atoms with Crippen molar-refractivity contribution < 1.29 is 14.3 Å². The average Bonchev–Trinajstić information content (AvgIpc) is 3.19.